The summed E-state index contributed by atoms with van der Waals surface area (Å²) in [5.41, 5.74) is 1.57. The Morgan fingerprint density at radius 3 is 0.723 bits per heavy atom. The van der Waals surface area contributed by atoms with Crippen molar-refractivity contribution in [3.8, 4) is 0 Å². The molecule has 0 heterocycles. The molecule has 0 spiro atoms. The highest BCUT2D eigenvalue weighted by atomic mass is 15.3. The second-order valence-corrected chi connectivity index (χ2v) is 21.0. The Hall–Kier alpha value is -1.60. The molecule has 0 aromatic heterocycles. The highest BCUT2D eigenvalue weighted by molar-refractivity contribution is 5.13. The lowest BCUT2D eigenvalue weighted by Gasteiger charge is -2.39. The molecule has 0 saturated carbocycles. The molecule has 0 N–H and O–H groups in total. The number of allylic oxidation sites excluding steroid dienone is 6. The number of unbranched alkanes of at least 4 members (excludes halogenated alkanes) is 39. The van der Waals surface area contributed by atoms with E-state index in [-0.39, 0.29) is 0 Å². The first-order valence-electron chi connectivity index (χ1n) is 30.1. The second kappa shape index (κ2) is 51.8. The zero-order valence-electron chi connectivity index (χ0n) is 44.9. The van der Waals surface area contributed by atoms with Crippen molar-refractivity contribution in [2.75, 3.05) is 19.6 Å². The number of benzene rings is 1. The Morgan fingerprint density at radius 1 is 0.262 bits per heavy atom. The average Bonchev–Trinajstić information content (AvgIpc) is 3.32. The normalized spacial score (nSPS) is 12.3. The maximum absolute atomic E-state index is 2.43. The Bertz CT molecular complexity index is 1010. The summed E-state index contributed by atoms with van der Waals surface area (Å²) in [6.45, 7) is 12.3. The molecule has 0 unspecified atom stereocenters. The first-order chi connectivity index (χ1) is 32.3. The zero-order valence-corrected chi connectivity index (χ0v) is 44.9. The summed E-state index contributed by atoms with van der Waals surface area (Å²) in [5, 5.41) is 0. The minimum Gasteiger partial charge on any atom is -0.320 e. The summed E-state index contributed by atoms with van der Waals surface area (Å²) in [5.74, 6) is 0. The summed E-state index contributed by atoms with van der Waals surface area (Å²) in [7, 11) is 0. The van der Waals surface area contributed by atoms with Gasteiger partial charge in [0.1, 0.15) is 6.54 Å². The lowest BCUT2D eigenvalue weighted by atomic mass is 10.0. The van der Waals surface area contributed by atoms with Gasteiger partial charge in [-0.15, -0.1) is 0 Å². The summed E-state index contributed by atoms with van der Waals surface area (Å²) in [6.07, 6.45) is 77.8. The smallest absolute Gasteiger partial charge is 0.104 e. The van der Waals surface area contributed by atoms with Crippen LogP contribution in [0.3, 0.4) is 0 Å². The van der Waals surface area contributed by atoms with Gasteiger partial charge in [0.25, 0.3) is 0 Å². The van der Waals surface area contributed by atoms with Crippen molar-refractivity contribution in [2.45, 2.75) is 316 Å². The molecule has 1 aromatic carbocycles. The molecule has 0 fully saturated rings. The molecular formula is C64H118N+. The van der Waals surface area contributed by atoms with Gasteiger partial charge in [0, 0.05) is 5.56 Å². The monoisotopic (exact) mass is 901 g/mol. The molecule has 378 valence electrons. The Kier molecular flexibility index (Phi) is 48.9. The van der Waals surface area contributed by atoms with E-state index in [1.54, 1.807) is 5.56 Å². The average molecular weight is 902 g/mol. The van der Waals surface area contributed by atoms with E-state index >= 15 is 0 Å². The first-order valence-corrected chi connectivity index (χ1v) is 30.1. The molecular weight excluding hydrogens is 783 g/mol. The molecule has 1 rings (SSSR count). The van der Waals surface area contributed by atoms with Crippen molar-refractivity contribution in [2.24, 2.45) is 0 Å². The van der Waals surface area contributed by atoms with Gasteiger partial charge in [-0.25, -0.2) is 0 Å². The van der Waals surface area contributed by atoms with E-state index in [0.29, 0.717) is 0 Å². The predicted octanol–water partition coefficient (Wildman–Crippen LogP) is 22.3. The second-order valence-electron chi connectivity index (χ2n) is 21.0. The summed E-state index contributed by atoms with van der Waals surface area (Å²) in [6, 6.07) is 11.7. The van der Waals surface area contributed by atoms with Crippen LogP contribution in [0, 0.1) is 0 Å². The van der Waals surface area contributed by atoms with Gasteiger partial charge in [0.05, 0.1) is 19.6 Å². The molecule has 0 aliphatic heterocycles. The van der Waals surface area contributed by atoms with Gasteiger partial charge in [0.15, 0.2) is 0 Å². The molecule has 0 saturated heterocycles. The van der Waals surface area contributed by atoms with E-state index in [1.165, 1.54) is 320 Å². The van der Waals surface area contributed by atoms with Crippen LogP contribution in [-0.2, 0) is 6.54 Å². The van der Waals surface area contributed by atoms with Crippen molar-refractivity contribution in [1.29, 1.82) is 0 Å². The molecule has 0 radical (unpaired) electrons. The molecule has 0 atom stereocenters. The van der Waals surface area contributed by atoms with E-state index in [9.17, 15) is 0 Å². The van der Waals surface area contributed by atoms with Gasteiger partial charge in [-0.1, -0.05) is 280 Å². The van der Waals surface area contributed by atoms with E-state index in [1.807, 2.05) is 0 Å². The van der Waals surface area contributed by atoms with Crippen LogP contribution in [0.25, 0.3) is 0 Å². The Balaban J connectivity index is 2.46. The number of rotatable bonds is 53. The lowest BCUT2D eigenvalue weighted by molar-refractivity contribution is -0.941. The number of quaternary nitrogens is 1. The van der Waals surface area contributed by atoms with Gasteiger partial charge in [-0.2, -0.15) is 0 Å². The van der Waals surface area contributed by atoms with Crippen LogP contribution in [-0.4, -0.2) is 24.1 Å². The SMILES string of the molecule is CCC/C=C/CCCCCCCCCCCCCC[N+](CCCCCCCCCCCCCC/C=C/CCC)(CCCCCCCCCCCCCC/C=C/CCC)Cc1ccccc1. The van der Waals surface area contributed by atoms with Crippen LogP contribution in [0.15, 0.2) is 66.8 Å². The van der Waals surface area contributed by atoms with Crippen LogP contribution < -0.4 is 0 Å². The standard InChI is InChI=1S/C64H118N/c1-4-7-10-13-16-19-22-25-28-31-34-37-40-43-46-49-55-60-65(63-64-58-53-52-54-59-64,61-56-50-47-44-41-38-35-32-29-26-23-20-17-14-11-8-5-2)62-57-51-48-45-42-39-36-33-30-27-24-21-18-15-12-9-6-3/h10-15,52-54,58-59H,4-9,16-51,55-57,60-63H2,1-3H3/q+1/b13-10+,14-11+,15-12+. The van der Waals surface area contributed by atoms with Crippen LogP contribution >= 0.6 is 0 Å². The van der Waals surface area contributed by atoms with Crippen molar-refractivity contribution in [3.63, 3.8) is 0 Å². The third-order valence-corrected chi connectivity index (χ3v) is 14.5. The topological polar surface area (TPSA) is 0 Å². The number of hydrogen-bond donors (Lipinski definition) is 0. The van der Waals surface area contributed by atoms with Crippen molar-refractivity contribution < 1.29 is 4.48 Å². The van der Waals surface area contributed by atoms with E-state index in [4.69, 9.17) is 0 Å². The fourth-order valence-corrected chi connectivity index (χ4v) is 10.2. The minimum absolute atomic E-state index is 1.25. The molecule has 65 heavy (non-hydrogen) atoms. The van der Waals surface area contributed by atoms with Gasteiger partial charge >= 0.3 is 0 Å². The summed E-state index contributed by atoms with van der Waals surface area (Å²) >= 11 is 0. The van der Waals surface area contributed by atoms with E-state index < -0.39 is 0 Å². The van der Waals surface area contributed by atoms with Crippen LogP contribution in [0.4, 0.5) is 0 Å². The van der Waals surface area contributed by atoms with Gasteiger partial charge in [-0.05, 0) is 96.3 Å². The predicted molar refractivity (Wildman–Crippen MR) is 297 cm³/mol. The fraction of sp³-hybridized carbons (Fsp3) is 0.812. The lowest BCUT2D eigenvalue weighted by Crippen LogP contribution is -2.49. The first kappa shape index (κ1) is 61.4. The quantitative estimate of drug-likeness (QED) is 0.0347. The molecule has 1 aromatic rings. The maximum Gasteiger partial charge on any atom is 0.104 e. The molecule has 0 aliphatic rings. The zero-order chi connectivity index (χ0) is 46.5. The van der Waals surface area contributed by atoms with E-state index in [2.05, 4.69) is 87.6 Å². The Morgan fingerprint density at radius 2 is 0.477 bits per heavy atom. The molecule has 0 bridgehead atoms. The van der Waals surface area contributed by atoms with Crippen LogP contribution in [0.1, 0.15) is 315 Å². The number of nitrogens with zero attached hydrogens (tertiary/aromatic N) is 1. The van der Waals surface area contributed by atoms with Gasteiger partial charge < -0.3 is 4.48 Å². The third-order valence-electron chi connectivity index (χ3n) is 14.5. The molecule has 1 heteroatoms. The third kappa shape index (κ3) is 44.7. The minimum atomic E-state index is 1.25. The van der Waals surface area contributed by atoms with E-state index in [0.717, 1.165) is 0 Å². The molecule has 0 amide bonds. The highest BCUT2D eigenvalue weighted by Gasteiger charge is 2.26. The highest BCUT2D eigenvalue weighted by Crippen LogP contribution is 2.23. The van der Waals surface area contributed by atoms with Gasteiger partial charge in [-0.3, -0.25) is 0 Å². The summed E-state index contributed by atoms with van der Waals surface area (Å²) in [4.78, 5) is 0. The van der Waals surface area contributed by atoms with Crippen LogP contribution in [0.2, 0.25) is 0 Å². The largest absolute Gasteiger partial charge is 0.320 e. The van der Waals surface area contributed by atoms with Crippen molar-refractivity contribution in [1.82, 2.24) is 0 Å². The number of hydrogen-bond acceptors (Lipinski definition) is 0. The molecule has 1 nitrogen and oxygen atoms in total. The van der Waals surface area contributed by atoms with Crippen molar-refractivity contribution in [3.05, 3.63) is 72.4 Å². The summed E-state index contributed by atoms with van der Waals surface area (Å²) < 4.78 is 1.35. The van der Waals surface area contributed by atoms with Crippen molar-refractivity contribution >= 4 is 0 Å². The maximum atomic E-state index is 2.43. The Labute approximate surface area is 410 Å². The van der Waals surface area contributed by atoms with Gasteiger partial charge in [0.2, 0.25) is 0 Å². The molecule has 0 aliphatic carbocycles. The van der Waals surface area contributed by atoms with Crippen LogP contribution in [0.5, 0.6) is 0 Å². The fourth-order valence-electron chi connectivity index (χ4n) is 10.2.